The van der Waals surface area contributed by atoms with Crippen LogP contribution >= 0.6 is 0 Å². The summed E-state index contributed by atoms with van der Waals surface area (Å²) in [6.45, 7) is 4.74. The molecule has 2 heterocycles. The summed E-state index contributed by atoms with van der Waals surface area (Å²) in [6, 6.07) is 15.7. The summed E-state index contributed by atoms with van der Waals surface area (Å²) in [6.07, 6.45) is 2.83. The van der Waals surface area contributed by atoms with E-state index in [-0.39, 0.29) is 0 Å². The van der Waals surface area contributed by atoms with Gasteiger partial charge in [-0.2, -0.15) is 0 Å². The van der Waals surface area contributed by atoms with Crippen LogP contribution in [-0.2, 0) is 6.54 Å². The molecule has 7 nitrogen and oxygen atoms in total. The van der Waals surface area contributed by atoms with Crippen molar-refractivity contribution >= 4 is 11.6 Å². The molecule has 0 saturated carbocycles. The van der Waals surface area contributed by atoms with Gasteiger partial charge in [0, 0.05) is 19.3 Å². The Kier molecular flexibility index (Phi) is 6.41. The first-order valence-electron chi connectivity index (χ1n) is 8.85. The van der Waals surface area contributed by atoms with Gasteiger partial charge in [-0.05, 0) is 37.6 Å². The molecule has 2 N–H and O–H groups in total. The van der Waals surface area contributed by atoms with Crippen LogP contribution in [0.3, 0.4) is 0 Å². The monoisotopic (exact) mass is 352 g/mol. The van der Waals surface area contributed by atoms with Gasteiger partial charge < -0.3 is 15.4 Å². The molecule has 0 aliphatic rings. The maximum Gasteiger partial charge on any atom is 0.191 e. The second kappa shape index (κ2) is 9.41. The highest BCUT2D eigenvalue weighted by Crippen LogP contribution is 2.08. The van der Waals surface area contributed by atoms with E-state index in [4.69, 9.17) is 4.74 Å². The average Bonchev–Trinajstić information content (AvgIpc) is 3.10. The molecule has 26 heavy (non-hydrogen) atoms. The van der Waals surface area contributed by atoms with Gasteiger partial charge in [-0.3, -0.25) is 4.40 Å². The third-order valence-corrected chi connectivity index (χ3v) is 3.73. The van der Waals surface area contributed by atoms with Crippen molar-refractivity contribution in [3.8, 4) is 5.75 Å². The van der Waals surface area contributed by atoms with Crippen LogP contribution in [0.25, 0.3) is 5.65 Å². The first kappa shape index (κ1) is 17.7. The number of guanidine groups is 1. The lowest BCUT2D eigenvalue weighted by Crippen LogP contribution is -2.38. The number of ether oxygens (including phenoxy) is 1. The summed E-state index contributed by atoms with van der Waals surface area (Å²) in [5.74, 6) is 2.47. The lowest BCUT2D eigenvalue weighted by atomic mass is 10.3. The summed E-state index contributed by atoms with van der Waals surface area (Å²) in [7, 11) is 0. The number of pyridine rings is 1. The topological polar surface area (TPSA) is 75.8 Å². The van der Waals surface area contributed by atoms with Crippen molar-refractivity contribution in [1.29, 1.82) is 0 Å². The molecule has 1 aromatic carbocycles. The Balaban J connectivity index is 1.48. The fourth-order valence-corrected chi connectivity index (χ4v) is 2.48. The van der Waals surface area contributed by atoms with Gasteiger partial charge in [-0.15, -0.1) is 10.2 Å². The van der Waals surface area contributed by atoms with E-state index in [0.29, 0.717) is 13.2 Å². The zero-order valence-electron chi connectivity index (χ0n) is 14.9. The van der Waals surface area contributed by atoms with E-state index in [2.05, 4.69) is 25.8 Å². The van der Waals surface area contributed by atoms with E-state index < -0.39 is 0 Å². The van der Waals surface area contributed by atoms with Gasteiger partial charge in [-0.1, -0.05) is 24.3 Å². The Hall–Kier alpha value is -3.09. The SMILES string of the molecule is CCNC(=NCc1nnc2ccccn12)NCCCOc1ccccc1. The summed E-state index contributed by atoms with van der Waals surface area (Å²) in [4.78, 5) is 4.59. The van der Waals surface area contributed by atoms with Crippen molar-refractivity contribution in [3.05, 3.63) is 60.6 Å². The van der Waals surface area contributed by atoms with E-state index in [9.17, 15) is 0 Å². The zero-order chi connectivity index (χ0) is 18.0. The number of rotatable bonds is 8. The first-order chi connectivity index (χ1) is 12.9. The zero-order valence-corrected chi connectivity index (χ0v) is 14.9. The Labute approximate surface area is 153 Å². The number of para-hydroxylation sites is 1. The molecule has 0 atom stereocenters. The molecule has 0 saturated heterocycles. The quantitative estimate of drug-likeness (QED) is 0.369. The number of nitrogens with one attached hydrogen (secondary N) is 2. The number of nitrogens with zero attached hydrogens (tertiary/aromatic N) is 4. The molecule has 0 aliphatic carbocycles. The molecule has 0 radical (unpaired) electrons. The van der Waals surface area contributed by atoms with Crippen LogP contribution < -0.4 is 15.4 Å². The van der Waals surface area contributed by atoms with Crippen molar-refractivity contribution in [2.45, 2.75) is 19.9 Å². The molecule has 0 aliphatic heterocycles. The van der Waals surface area contributed by atoms with Crippen LogP contribution in [0.15, 0.2) is 59.7 Å². The van der Waals surface area contributed by atoms with E-state index in [0.717, 1.165) is 42.7 Å². The summed E-state index contributed by atoms with van der Waals surface area (Å²) < 4.78 is 7.64. The number of aliphatic imine (C=N–C) groups is 1. The van der Waals surface area contributed by atoms with E-state index >= 15 is 0 Å². The molecule has 3 rings (SSSR count). The van der Waals surface area contributed by atoms with Crippen molar-refractivity contribution in [2.24, 2.45) is 4.99 Å². The Morgan fingerprint density at radius 1 is 1.08 bits per heavy atom. The molecule has 0 unspecified atom stereocenters. The minimum Gasteiger partial charge on any atom is -0.494 e. The number of aromatic nitrogens is 3. The third kappa shape index (κ3) is 4.95. The molecule has 0 bridgehead atoms. The molecule has 7 heteroatoms. The standard InChI is InChI=1S/C19H24N6O/c1-2-20-19(21-12-8-14-26-16-9-4-3-5-10-16)22-15-18-24-23-17-11-6-7-13-25(17)18/h3-7,9-11,13H,2,8,12,14-15H2,1H3,(H2,20,21,22). The number of hydrogen-bond donors (Lipinski definition) is 2. The smallest absolute Gasteiger partial charge is 0.191 e. The highest BCUT2D eigenvalue weighted by atomic mass is 16.5. The van der Waals surface area contributed by atoms with Crippen LogP contribution in [0.2, 0.25) is 0 Å². The van der Waals surface area contributed by atoms with E-state index in [1.807, 2.05) is 66.1 Å². The van der Waals surface area contributed by atoms with Crippen LogP contribution in [0, 0.1) is 0 Å². The molecule has 2 aromatic heterocycles. The maximum atomic E-state index is 5.69. The van der Waals surface area contributed by atoms with Crippen molar-refractivity contribution in [1.82, 2.24) is 25.2 Å². The van der Waals surface area contributed by atoms with Gasteiger partial charge in [0.15, 0.2) is 17.4 Å². The molecule has 0 spiro atoms. The lowest BCUT2D eigenvalue weighted by Gasteiger charge is -2.11. The largest absolute Gasteiger partial charge is 0.494 e. The van der Waals surface area contributed by atoms with Gasteiger partial charge in [0.1, 0.15) is 12.3 Å². The van der Waals surface area contributed by atoms with Gasteiger partial charge in [-0.25, -0.2) is 4.99 Å². The number of benzene rings is 1. The summed E-state index contributed by atoms with van der Waals surface area (Å²) >= 11 is 0. The van der Waals surface area contributed by atoms with Gasteiger partial charge in [0.05, 0.1) is 6.61 Å². The highest BCUT2D eigenvalue weighted by Gasteiger charge is 2.04. The fraction of sp³-hybridized carbons (Fsp3) is 0.316. The lowest BCUT2D eigenvalue weighted by molar-refractivity contribution is 0.311. The highest BCUT2D eigenvalue weighted by molar-refractivity contribution is 5.79. The molecular weight excluding hydrogens is 328 g/mol. The number of hydrogen-bond acceptors (Lipinski definition) is 4. The average molecular weight is 352 g/mol. The van der Waals surface area contributed by atoms with Gasteiger partial charge in [0.25, 0.3) is 0 Å². The van der Waals surface area contributed by atoms with E-state index in [1.54, 1.807) is 0 Å². The van der Waals surface area contributed by atoms with Gasteiger partial charge >= 0.3 is 0 Å². The van der Waals surface area contributed by atoms with Crippen LogP contribution in [0.1, 0.15) is 19.2 Å². The van der Waals surface area contributed by atoms with Crippen molar-refractivity contribution < 1.29 is 4.74 Å². The minimum absolute atomic E-state index is 0.459. The number of fused-ring (bicyclic) bond motifs is 1. The van der Waals surface area contributed by atoms with Crippen LogP contribution in [0.5, 0.6) is 5.75 Å². The fourth-order valence-electron chi connectivity index (χ4n) is 2.48. The van der Waals surface area contributed by atoms with Crippen molar-refractivity contribution in [2.75, 3.05) is 19.7 Å². The molecule has 0 fully saturated rings. The maximum absolute atomic E-state index is 5.69. The molecule has 136 valence electrons. The summed E-state index contributed by atoms with van der Waals surface area (Å²) in [5, 5.41) is 14.9. The summed E-state index contributed by atoms with van der Waals surface area (Å²) in [5.41, 5.74) is 0.828. The predicted octanol–water partition coefficient (Wildman–Crippen LogP) is 2.25. The van der Waals surface area contributed by atoms with Crippen LogP contribution in [-0.4, -0.2) is 40.3 Å². The van der Waals surface area contributed by atoms with Crippen LogP contribution in [0.4, 0.5) is 0 Å². The second-order valence-electron chi connectivity index (χ2n) is 5.68. The Morgan fingerprint density at radius 3 is 2.77 bits per heavy atom. The molecule has 0 amide bonds. The third-order valence-electron chi connectivity index (χ3n) is 3.73. The predicted molar refractivity (Wildman–Crippen MR) is 102 cm³/mol. The molecular formula is C19H24N6O. The second-order valence-corrected chi connectivity index (χ2v) is 5.68. The van der Waals surface area contributed by atoms with Crippen molar-refractivity contribution in [3.63, 3.8) is 0 Å². The Morgan fingerprint density at radius 2 is 1.92 bits per heavy atom. The Bertz CT molecular complexity index is 830. The first-order valence-corrected chi connectivity index (χ1v) is 8.85. The minimum atomic E-state index is 0.459. The van der Waals surface area contributed by atoms with Gasteiger partial charge in [0.2, 0.25) is 0 Å². The van der Waals surface area contributed by atoms with E-state index in [1.165, 1.54) is 0 Å². The molecule has 3 aromatic rings. The normalized spacial score (nSPS) is 11.5.